The van der Waals surface area contributed by atoms with Crippen LogP contribution in [0, 0.1) is 11.3 Å². The number of anilines is 1. The van der Waals surface area contributed by atoms with Gasteiger partial charge in [0.05, 0.1) is 28.4 Å². The Morgan fingerprint density at radius 1 is 1.53 bits per heavy atom. The number of carbonyl (C=O) groups excluding carboxylic acids is 1. The first-order chi connectivity index (χ1) is 8.93. The Kier molecular flexibility index (Phi) is 5.30. The fraction of sp³-hybridized carbons (Fsp3) is 0.250. The lowest BCUT2D eigenvalue weighted by Crippen LogP contribution is -2.36. The average molecular weight is 282 g/mol. The van der Waals surface area contributed by atoms with Gasteiger partial charge in [0.15, 0.2) is 0 Å². The zero-order chi connectivity index (χ0) is 14.4. The normalized spacial score (nSPS) is 11.4. The van der Waals surface area contributed by atoms with Gasteiger partial charge in [-0.15, -0.1) is 0 Å². The van der Waals surface area contributed by atoms with Gasteiger partial charge < -0.3 is 16.2 Å². The summed E-state index contributed by atoms with van der Waals surface area (Å²) in [5, 5.41) is 20.0. The predicted octanol–water partition coefficient (Wildman–Crippen LogP) is 1.34. The molecule has 1 unspecified atom stereocenters. The number of rotatable bonds is 5. The number of nitrogens with two attached hydrogens (primary N) is 1. The van der Waals surface area contributed by atoms with E-state index in [1.807, 2.05) is 6.07 Å². The van der Waals surface area contributed by atoms with Crippen molar-refractivity contribution in [1.82, 2.24) is 0 Å². The van der Waals surface area contributed by atoms with E-state index in [1.165, 1.54) is 18.2 Å². The zero-order valence-corrected chi connectivity index (χ0v) is 10.6. The first kappa shape index (κ1) is 15.0. The van der Waals surface area contributed by atoms with E-state index in [-0.39, 0.29) is 23.6 Å². The number of halogens is 1. The van der Waals surface area contributed by atoms with Crippen LogP contribution in [-0.2, 0) is 9.59 Å². The van der Waals surface area contributed by atoms with Gasteiger partial charge in [-0.1, -0.05) is 11.6 Å². The molecule has 7 heteroatoms. The number of nitrogens with zero attached hydrogens (tertiary/aromatic N) is 1. The molecular weight excluding hydrogens is 270 g/mol. The van der Waals surface area contributed by atoms with Crippen LogP contribution in [0.2, 0.25) is 5.02 Å². The van der Waals surface area contributed by atoms with Gasteiger partial charge in [0.25, 0.3) is 0 Å². The summed E-state index contributed by atoms with van der Waals surface area (Å²) >= 11 is 5.87. The van der Waals surface area contributed by atoms with E-state index >= 15 is 0 Å². The van der Waals surface area contributed by atoms with Crippen LogP contribution >= 0.6 is 11.6 Å². The quantitative estimate of drug-likeness (QED) is 0.753. The molecule has 0 saturated heterocycles. The van der Waals surface area contributed by atoms with Gasteiger partial charge in [-0.05, 0) is 24.6 Å². The van der Waals surface area contributed by atoms with Crippen LogP contribution in [0.25, 0.3) is 0 Å². The summed E-state index contributed by atoms with van der Waals surface area (Å²) in [6.45, 7) is 0. The van der Waals surface area contributed by atoms with Crippen LogP contribution in [0.1, 0.15) is 18.4 Å². The Hall–Kier alpha value is -2.10. The summed E-state index contributed by atoms with van der Waals surface area (Å²) in [5.74, 6) is -1.56. The maximum Gasteiger partial charge on any atom is 0.303 e. The number of hydrogen-bond acceptors (Lipinski definition) is 4. The minimum Gasteiger partial charge on any atom is -0.481 e. The molecule has 19 heavy (non-hydrogen) atoms. The molecule has 0 aliphatic rings. The second-order valence-corrected chi connectivity index (χ2v) is 4.24. The number of nitrogens with one attached hydrogen (secondary N) is 1. The molecule has 0 fully saturated rings. The van der Waals surface area contributed by atoms with E-state index in [0.29, 0.717) is 5.56 Å². The summed E-state index contributed by atoms with van der Waals surface area (Å²) in [5.41, 5.74) is 6.17. The largest absolute Gasteiger partial charge is 0.481 e. The van der Waals surface area contributed by atoms with Crippen molar-refractivity contribution in [1.29, 1.82) is 5.26 Å². The monoisotopic (exact) mass is 281 g/mol. The minimum absolute atomic E-state index is 0.0245. The van der Waals surface area contributed by atoms with Crippen molar-refractivity contribution in [3.63, 3.8) is 0 Å². The van der Waals surface area contributed by atoms with E-state index in [2.05, 4.69) is 5.32 Å². The molecule has 1 amide bonds. The lowest BCUT2D eigenvalue weighted by molar-refractivity contribution is -0.137. The van der Waals surface area contributed by atoms with Crippen LogP contribution in [0.4, 0.5) is 5.69 Å². The topological polar surface area (TPSA) is 116 Å². The van der Waals surface area contributed by atoms with Gasteiger partial charge in [-0.3, -0.25) is 9.59 Å². The molecule has 0 bridgehead atoms. The molecule has 100 valence electrons. The molecular formula is C12H12ClN3O3. The molecule has 0 aliphatic carbocycles. The molecule has 0 aromatic heterocycles. The van der Waals surface area contributed by atoms with Crippen molar-refractivity contribution in [2.75, 3.05) is 5.32 Å². The van der Waals surface area contributed by atoms with Gasteiger partial charge >= 0.3 is 5.97 Å². The van der Waals surface area contributed by atoms with E-state index in [9.17, 15) is 9.59 Å². The molecule has 0 radical (unpaired) electrons. The van der Waals surface area contributed by atoms with Crippen LogP contribution in [0.5, 0.6) is 0 Å². The van der Waals surface area contributed by atoms with E-state index in [1.54, 1.807) is 0 Å². The number of nitriles is 1. The lowest BCUT2D eigenvalue weighted by atomic mass is 10.1. The molecule has 4 N–H and O–H groups in total. The van der Waals surface area contributed by atoms with Crippen molar-refractivity contribution in [2.24, 2.45) is 5.73 Å². The number of amides is 1. The van der Waals surface area contributed by atoms with Crippen molar-refractivity contribution < 1.29 is 14.7 Å². The van der Waals surface area contributed by atoms with E-state index in [4.69, 9.17) is 27.7 Å². The second-order valence-electron chi connectivity index (χ2n) is 3.83. The number of carboxylic acid groups (broad SMARTS) is 1. The Labute approximate surface area is 114 Å². The fourth-order valence-corrected chi connectivity index (χ4v) is 1.49. The summed E-state index contributed by atoms with van der Waals surface area (Å²) < 4.78 is 0. The minimum atomic E-state index is -1.02. The molecule has 1 aromatic carbocycles. The Balaban J connectivity index is 2.71. The number of carboxylic acids is 1. The summed E-state index contributed by atoms with van der Waals surface area (Å²) in [6, 6.07) is 5.39. The van der Waals surface area contributed by atoms with Gasteiger partial charge in [0.1, 0.15) is 0 Å². The first-order valence-corrected chi connectivity index (χ1v) is 5.79. The highest BCUT2D eigenvalue weighted by Gasteiger charge is 2.16. The number of hydrogen-bond donors (Lipinski definition) is 3. The number of aliphatic carboxylic acids is 1. The van der Waals surface area contributed by atoms with Crippen LogP contribution in [0.3, 0.4) is 0 Å². The third-order valence-electron chi connectivity index (χ3n) is 2.36. The second kappa shape index (κ2) is 6.73. The standard InChI is InChI=1S/C12H12ClN3O3/c13-8-2-1-7(6-14)5-10(8)16-12(19)9(15)3-4-11(17)18/h1-2,5,9H,3-4,15H2,(H,16,19)(H,17,18). The summed E-state index contributed by atoms with van der Waals surface area (Å²) in [6.07, 6.45) is -0.169. The van der Waals surface area contributed by atoms with Crippen molar-refractivity contribution in [3.8, 4) is 6.07 Å². The summed E-state index contributed by atoms with van der Waals surface area (Å²) in [7, 11) is 0. The zero-order valence-electron chi connectivity index (χ0n) is 9.89. The van der Waals surface area contributed by atoms with Crippen LogP contribution in [-0.4, -0.2) is 23.0 Å². The first-order valence-electron chi connectivity index (χ1n) is 5.42. The Bertz CT molecular complexity index is 540. The molecule has 1 aromatic rings. The Morgan fingerprint density at radius 3 is 2.79 bits per heavy atom. The van der Waals surface area contributed by atoms with E-state index in [0.717, 1.165) is 0 Å². The molecule has 0 saturated carbocycles. The van der Waals surface area contributed by atoms with Crippen LogP contribution < -0.4 is 11.1 Å². The third kappa shape index (κ3) is 4.58. The molecule has 6 nitrogen and oxygen atoms in total. The fourth-order valence-electron chi connectivity index (χ4n) is 1.33. The Morgan fingerprint density at radius 2 is 2.21 bits per heavy atom. The molecule has 0 aliphatic heterocycles. The summed E-state index contributed by atoms with van der Waals surface area (Å²) in [4.78, 5) is 22.1. The lowest BCUT2D eigenvalue weighted by Gasteiger charge is -2.12. The van der Waals surface area contributed by atoms with Gasteiger partial charge in [0.2, 0.25) is 5.91 Å². The maximum atomic E-state index is 11.7. The third-order valence-corrected chi connectivity index (χ3v) is 2.69. The van der Waals surface area contributed by atoms with E-state index < -0.39 is 17.9 Å². The number of carbonyl (C=O) groups is 2. The maximum absolute atomic E-state index is 11.7. The van der Waals surface area contributed by atoms with Crippen molar-refractivity contribution >= 4 is 29.2 Å². The van der Waals surface area contributed by atoms with Crippen LogP contribution in [0.15, 0.2) is 18.2 Å². The molecule has 1 atom stereocenters. The average Bonchev–Trinajstić information content (AvgIpc) is 2.38. The highest BCUT2D eigenvalue weighted by molar-refractivity contribution is 6.33. The molecule has 0 spiro atoms. The van der Waals surface area contributed by atoms with Crippen molar-refractivity contribution in [2.45, 2.75) is 18.9 Å². The van der Waals surface area contributed by atoms with Gasteiger partial charge in [-0.25, -0.2) is 0 Å². The molecule has 0 heterocycles. The highest BCUT2D eigenvalue weighted by atomic mass is 35.5. The number of benzene rings is 1. The SMILES string of the molecule is N#Cc1ccc(Cl)c(NC(=O)C(N)CCC(=O)O)c1. The molecule has 1 rings (SSSR count). The smallest absolute Gasteiger partial charge is 0.303 e. The predicted molar refractivity (Wildman–Crippen MR) is 69.6 cm³/mol. The van der Waals surface area contributed by atoms with Gasteiger partial charge in [-0.2, -0.15) is 5.26 Å². The van der Waals surface area contributed by atoms with Crippen molar-refractivity contribution in [3.05, 3.63) is 28.8 Å². The highest BCUT2D eigenvalue weighted by Crippen LogP contribution is 2.22. The van der Waals surface area contributed by atoms with Gasteiger partial charge in [0, 0.05) is 6.42 Å².